The zero-order chi connectivity index (χ0) is 15.9. The molecule has 0 radical (unpaired) electrons. The Balaban J connectivity index is 1.60. The zero-order valence-corrected chi connectivity index (χ0v) is 14.5. The van der Waals surface area contributed by atoms with Gasteiger partial charge in [0.2, 0.25) is 17.7 Å². The molecule has 0 spiro atoms. The summed E-state index contributed by atoms with van der Waals surface area (Å²) in [4.78, 5) is 36.0. The molecule has 1 N–H and O–H groups in total. The number of hydrogen-bond donors (Lipinski definition) is 1. The fraction of sp³-hybridized carbons (Fsp3) is 0.438. The summed E-state index contributed by atoms with van der Waals surface area (Å²) in [7, 11) is 0. The molecule has 1 aliphatic heterocycles. The van der Waals surface area contributed by atoms with Crippen LogP contribution in [-0.2, 0) is 14.4 Å². The summed E-state index contributed by atoms with van der Waals surface area (Å²) in [6.07, 6.45) is 3.49. The summed E-state index contributed by atoms with van der Waals surface area (Å²) in [5.74, 6) is -0.141. The molecular weight excluding hydrogens is 395 g/mol. The summed E-state index contributed by atoms with van der Waals surface area (Å²) in [5.41, 5.74) is 0.804. The number of carbonyl (C=O) groups is 3. The molecule has 5 nitrogen and oxygen atoms in total. The van der Waals surface area contributed by atoms with Crippen molar-refractivity contribution in [1.29, 1.82) is 0 Å². The van der Waals surface area contributed by atoms with Gasteiger partial charge < -0.3 is 5.32 Å². The van der Waals surface area contributed by atoms with Crippen molar-refractivity contribution in [1.82, 2.24) is 4.90 Å². The molecule has 118 valence electrons. The van der Waals surface area contributed by atoms with Crippen molar-refractivity contribution < 1.29 is 14.4 Å². The van der Waals surface area contributed by atoms with Gasteiger partial charge in [-0.3, -0.25) is 19.3 Å². The number of nitrogens with one attached hydrogen (secondary N) is 1. The minimum absolute atomic E-state index is 0.00506. The van der Waals surface area contributed by atoms with E-state index in [1.165, 1.54) is 4.90 Å². The molecule has 2 rings (SSSR count). The fourth-order valence-corrected chi connectivity index (χ4v) is 2.72. The van der Waals surface area contributed by atoms with Gasteiger partial charge in [0.05, 0.1) is 0 Å². The minimum Gasteiger partial charge on any atom is -0.326 e. The van der Waals surface area contributed by atoms with Crippen molar-refractivity contribution in [2.24, 2.45) is 0 Å². The normalized spacial score (nSPS) is 14.5. The molecule has 1 heterocycles. The number of rotatable bonds is 7. The Morgan fingerprint density at radius 1 is 1.05 bits per heavy atom. The molecule has 1 aromatic rings. The molecule has 0 atom stereocenters. The third-order valence-corrected chi connectivity index (χ3v) is 4.29. The lowest BCUT2D eigenvalue weighted by Gasteiger charge is -2.13. The van der Waals surface area contributed by atoms with Crippen molar-refractivity contribution in [3.8, 4) is 0 Å². The van der Waals surface area contributed by atoms with E-state index in [4.69, 9.17) is 0 Å². The first-order valence-electron chi connectivity index (χ1n) is 7.45. The number of anilines is 1. The quantitative estimate of drug-likeness (QED) is 0.424. The van der Waals surface area contributed by atoms with Crippen molar-refractivity contribution >= 4 is 46.0 Å². The Kier molecular flexibility index (Phi) is 6.35. The van der Waals surface area contributed by atoms with Gasteiger partial charge in [0.1, 0.15) is 0 Å². The van der Waals surface area contributed by atoms with Gasteiger partial charge in [0, 0.05) is 35.1 Å². The van der Waals surface area contributed by atoms with E-state index in [0.29, 0.717) is 25.8 Å². The van der Waals surface area contributed by atoms with Gasteiger partial charge in [0.25, 0.3) is 0 Å². The Morgan fingerprint density at radius 3 is 2.32 bits per heavy atom. The summed E-state index contributed by atoms with van der Waals surface area (Å²) in [6, 6.07) is 7.65. The van der Waals surface area contributed by atoms with Crippen LogP contribution < -0.4 is 5.32 Å². The van der Waals surface area contributed by atoms with Gasteiger partial charge in [-0.1, -0.05) is 6.42 Å². The Hall–Kier alpha value is -1.44. The topological polar surface area (TPSA) is 66.5 Å². The third kappa shape index (κ3) is 5.08. The highest BCUT2D eigenvalue weighted by Gasteiger charge is 2.27. The van der Waals surface area contributed by atoms with Crippen LogP contribution in [0.15, 0.2) is 24.3 Å². The monoisotopic (exact) mass is 414 g/mol. The molecule has 6 heteroatoms. The van der Waals surface area contributed by atoms with Gasteiger partial charge in [0.15, 0.2) is 0 Å². The van der Waals surface area contributed by atoms with Crippen LogP contribution in [0.1, 0.15) is 38.5 Å². The Bertz CT molecular complexity index is 541. The van der Waals surface area contributed by atoms with Gasteiger partial charge >= 0.3 is 0 Å². The van der Waals surface area contributed by atoms with Crippen LogP contribution in [0.2, 0.25) is 0 Å². The number of nitrogens with zero attached hydrogens (tertiary/aromatic N) is 1. The van der Waals surface area contributed by atoms with Gasteiger partial charge in [-0.05, 0) is 59.7 Å². The lowest BCUT2D eigenvalue weighted by atomic mass is 10.2. The molecule has 0 unspecified atom stereocenters. The highest BCUT2D eigenvalue weighted by molar-refractivity contribution is 14.1. The SMILES string of the molecule is O=C(CCCCCN1C(=O)CCC1=O)Nc1ccc(I)cc1. The average Bonchev–Trinajstić information content (AvgIpc) is 2.81. The van der Waals surface area contributed by atoms with E-state index in [-0.39, 0.29) is 17.7 Å². The first-order chi connectivity index (χ1) is 10.6. The molecule has 1 aliphatic rings. The number of carbonyl (C=O) groups excluding carboxylic acids is 3. The molecule has 0 aliphatic carbocycles. The van der Waals surface area contributed by atoms with Crippen LogP contribution >= 0.6 is 22.6 Å². The van der Waals surface area contributed by atoms with Crippen molar-refractivity contribution in [3.05, 3.63) is 27.8 Å². The van der Waals surface area contributed by atoms with E-state index in [1.807, 2.05) is 24.3 Å². The second kappa shape index (κ2) is 8.26. The van der Waals surface area contributed by atoms with Crippen LogP contribution in [0, 0.1) is 3.57 Å². The zero-order valence-electron chi connectivity index (χ0n) is 12.3. The van der Waals surface area contributed by atoms with Gasteiger partial charge in [-0.15, -0.1) is 0 Å². The summed E-state index contributed by atoms with van der Waals surface area (Å²) in [6.45, 7) is 0.483. The molecule has 1 saturated heterocycles. The number of amides is 3. The molecule has 0 saturated carbocycles. The minimum atomic E-state index is -0.0681. The highest BCUT2D eigenvalue weighted by atomic mass is 127. The number of likely N-dealkylation sites (tertiary alicyclic amines) is 1. The number of benzene rings is 1. The van der Waals surface area contributed by atoms with Gasteiger partial charge in [-0.25, -0.2) is 0 Å². The van der Waals surface area contributed by atoms with E-state index in [0.717, 1.165) is 28.5 Å². The smallest absolute Gasteiger partial charge is 0.229 e. The second-order valence-electron chi connectivity index (χ2n) is 5.30. The molecule has 1 aromatic carbocycles. The van der Waals surface area contributed by atoms with E-state index in [2.05, 4.69) is 27.9 Å². The lowest BCUT2D eigenvalue weighted by molar-refractivity contribution is -0.138. The van der Waals surface area contributed by atoms with Crippen molar-refractivity contribution in [2.75, 3.05) is 11.9 Å². The first kappa shape index (κ1) is 16.9. The molecule has 0 bridgehead atoms. The lowest BCUT2D eigenvalue weighted by Crippen LogP contribution is -2.29. The standard InChI is InChI=1S/C16H19IN2O3/c17-12-5-7-13(8-6-12)18-14(20)4-2-1-3-11-19-15(21)9-10-16(19)22/h5-8H,1-4,9-11H2,(H,18,20). The number of hydrogen-bond acceptors (Lipinski definition) is 3. The largest absolute Gasteiger partial charge is 0.326 e. The van der Waals surface area contributed by atoms with E-state index in [9.17, 15) is 14.4 Å². The van der Waals surface area contributed by atoms with Crippen molar-refractivity contribution in [2.45, 2.75) is 38.5 Å². The highest BCUT2D eigenvalue weighted by Crippen LogP contribution is 2.14. The van der Waals surface area contributed by atoms with Gasteiger partial charge in [-0.2, -0.15) is 0 Å². The molecule has 0 aromatic heterocycles. The van der Waals surface area contributed by atoms with E-state index >= 15 is 0 Å². The summed E-state index contributed by atoms with van der Waals surface area (Å²) in [5, 5.41) is 2.85. The Morgan fingerprint density at radius 2 is 1.68 bits per heavy atom. The molecule has 22 heavy (non-hydrogen) atoms. The number of unbranched alkanes of at least 4 members (excludes halogenated alkanes) is 2. The molecule has 1 fully saturated rings. The fourth-order valence-electron chi connectivity index (χ4n) is 2.36. The first-order valence-corrected chi connectivity index (χ1v) is 8.53. The van der Waals surface area contributed by atoms with E-state index in [1.54, 1.807) is 0 Å². The maximum absolute atomic E-state index is 11.8. The maximum atomic E-state index is 11.8. The molecular formula is C16H19IN2O3. The predicted octanol–water partition coefficient (Wildman–Crippen LogP) is 2.94. The Labute approximate surface area is 143 Å². The van der Waals surface area contributed by atoms with Crippen LogP contribution in [0.25, 0.3) is 0 Å². The second-order valence-corrected chi connectivity index (χ2v) is 6.55. The number of halogens is 1. The van der Waals surface area contributed by atoms with Crippen LogP contribution in [0.4, 0.5) is 5.69 Å². The summed E-state index contributed by atoms with van der Waals surface area (Å²) >= 11 is 2.22. The number of imide groups is 1. The van der Waals surface area contributed by atoms with Crippen LogP contribution in [0.3, 0.4) is 0 Å². The predicted molar refractivity (Wildman–Crippen MR) is 92.2 cm³/mol. The van der Waals surface area contributed by atoms with Crippen molar-refractivity contribution in [3.63, 3.8) is 0 Å². The molecule has 3 amide bonds. The third-order valence-electron chi connectivity index (χ3n) is 3.57. The van der Waals surface area contributed by atoms with E-state index < -0.39 is 0 Å². The van der Waals surface area contributed by atoms with Crippen LogP contribution in [-0.4, -0.2) is 29.2 Å². The summed E-state index contributed by atoms with van der Waals surface area (Å²) < 4.78 is 1.13. The maximum Gasteiger partial charge on any atom is 0.229 e. The van der Waals surface area contributed by atoms with Crippen LogP contribution in [0.5, 0.6) is 0 Å². The average molecular weight is 414 g/mol.